The van der Waals surface area contributed by atoms with E-state index in [9.17, 15) is 22.4 Å². The molecule has 0 bridgehead atoms. The Balaban J connectivity index is 1.86. The Morgan fingerprint density at radius 1 is 1.08 bits per heavy atom. The maximum absolute atomic E-state index is 13.0. The fraction of sp³-hybridized carbons (Fsp3) is 0.188. The van der Waals surface area contributed by atoms with Crippen molar-refractivity contribution in [2.75, 3.05) is 17.2 Å². The van der Waals surface area contributed by atoms with Crippen molar-refractivity contribution < 1.29 is 22.4 Å². The number of amides is 1. The first-order chi connectivity index (χ1) is 11.3. The molecule has 0 fully saturated rings. The molecule has 3 nitrogen and oxygen atoms in total. The number of halogens is 5. The Kier molecular flexibility index (Phi) is 5.66. The van der Waals surface area contributed by atoms with E-state index in [2.05, 4.69) is 10.6 Å². The van der Waals surface area contributed by atoms with Crippen LogP contribution in [0.25, 0.3) is 0 Å². The van der Waals surface area contributed by atoms with Crippen LogP contribution in [0.1, 0.15) is 12.0 Å². The van der Waals surface area contributed by atoms with Gasteiger partial charge < -0.3 is 10.6 Å². The molecule has 24 heavy (non-hydrogen) atoms. The van der Waals surface area contributed by atoms with E-state index < -0.39 is 23.5 Å². The van der Waals surface area contributed by atoms with Gasteiger partial charge in [0.1, 0.15) is 5.82 Å². The number of rotatable bonds is 5. The van der Waals surface area contributed by atoms with Gasteiger partial charge in [0.05, 0.1) is 10.6 Å². The molecule has 2 aromatic carbocycles. The topological polar surface area (TPSA) is 41.1 Å². The quantitative estimate of drug-likeness (QED) is 0.742. The number of hydrogen-bond acceptors (Lipinski definition) is 2. The van der Waals surface area contributed by atoms with Crippen LogP contribution in [0.15, 0.2) is 42.5 Å². The minimum Gasteiger partial charge on any atom is -0.384 e. The highest BCUT2D eigenvalue weighted by Gasteiger charge is 2.30. The van der Waals surface area contributed by atoms with Crippen LogP contribution >= 0.6 is 11.6 Å². The summed E-state index contributed by atoms with van der Waals surface area (Å²) >= 11 is 5.63. The van der Waals surface area contributed by atoms with E-state index in [-0.39, 0.29) is 23.7 Å². The molecule has 8 heteroatoms. The Hall–Kier alpha value is -2.28. The molecule has 2 aromatic rings. The average molecular weight is 361 g/mol. The lowest BCUT2D eigenvalue weighted by atomic mass is 10.2. The molecule has 0 radical (unpaired) electrons. The summed E-state index contributed by atoms with van der Waals surface area (Å²) in [5, 5.41) is 5.22. The highest BCUT2D eigenvalue weighted by molar-refractivity contribution is 6.31. The summed E-state index contributed by atoms with van der Waals surface area (Å²) in [7, 11) is 0. The first kappa shape index (κ1) is 18.1. The highest BCUT2D eigenvalue weighted by Crippen LogP contribution is 2.30. The lowest BCUT2D eigenvalue weighted by Gasteiger charge is -2.10. The van der Waals surface area contributed by atoms with Gasteiger partial charge in [-0.3, -0.25) is 4.79 Å². The van der Waals surface area contributed by atoms with Crippen LogP contribution in [0.4, 0.5) is 28.9 Å². The summed E-state index contributed by atoms with van der Waals surface area (Å²) in [4.78, 5) is 11.8. The minimum atomic E-state index is -4.47. The number of anilines is 2. The summed E-state index contributed by atoms with van der Waals surface area (Å²) in [6, 6.07) is 8.42. The van der Waals surface area contributed by atoms with Crippen LogP contribution < -0.4 is 10.6 Å². The second-order valence-electron chi connectivity index (χ2n) is 4.93. The van der Waals surface area contributed by atoms with E-state index in [4.69, 9.17) is 11.6 Å². The first-order valence-corrected chi connectivity index (χ1v) is 7.29. The minimum absolute atomic E-state index is 0.0191. The molecule has 0 saturated heterocycles. The largest absolute Gasteiger partial charge is 0.416 e. The van der Waals surface area contributed by atoms with Gasteiger partial charge in [0.2, 0.25) is 5.91 Å². The zero-order chi connectivity index (χ0) is 17.7. The third kappa shape index (κ3) is 5.13. The lowest BCUT2D eigenvalue weighted by Crippen LogP contribution is -2.16. The molecular weight excluding hydrogens is 348 g/mol. The molecule has 0 saturated carbocycles. The van der Waals surface area contributed by atoms with Gasteiger partial charge in [-0.15, -0.1) is 0 Å². The molecule has 128 valence electrons. The van der Waals surface area contributed by atoms with Crippen LogP contribution in [0.2, 0.25) is 5.02 Å². The predicted octanol–water partition coefficient (Wildman–Crippen LogP) is 4.94. The normalized spacial score (nSPS) is 11.2. The van der Waals surface area contributed by atoms with Gasteiger partial charge in [0, 0.05) is 24.3 Å². The standard InChI is InChI=1S/C16H13ClF4N2O/c17-13-9-11(4-5-14(13)18)22-7-6-15(24)23-12-3-1-2-10(8-12)16(19,20)21/h1-5,8-9,22H,6-7H2,(H,23,24). The van der Waals surface area contributed by atoms with E-state index in [1.54, 1.807) is 0 Å². The molecule has 0 spiro atoms. The van der Waals surface area contributed by atoms with Gasteiger partial charge >= 0.3 is 6.18 Å². The first-order valence-electron chi connectivity index (χ1n) is 6.92. The Morgan fingerprint density at radius 2 is 1.83 bits per heavy atom. The smallest absolute Gasteiger partial charge is 0.384 e. The third-order valence-electron chi connectivity index (χ3n) is 3.07. The van der Waals surface area contributed by atoms with E-state index in [0.717, 1.165) is 12.1 Å². The SMILES string of the molecule is O=C(CCNc1ccc(F)c(Cl)c1)Nc1cccc(C(F)(F)F)c1. The van der Waals surface area contributed by atoms with Crippen molar-refractivity contribution in [2.24, 2.45) is 0 Å². The molecule has 0 aromatic heterocycles. The summed E-state index contributed by atoms with van der Waals surface area (Å²) < 4.78 is 50.8. The van der Waals surface area contributed by atoms with Crippen LogP contribution in [-0.4, -0.2) is 12.5 Å². The van der Waals surface area contributed by atoms with Gasteiger partial charge in [0.15, 0.2) is 0 Å². The van der Waals surface area contributed by atoms with Gasteiger partial charge in [-0.1, -0.05) is 17.7 Å². The molecular formula is C16H13ClF4N2O. The van der Waals surface area contributed by atoms with Gasteiger partial charge in [-0.25, -0.2) is 4.39 Å². The lowest BCUT2D eigenvalue weighted by molar-refractivity contribution is -0.137. The number of carbonyl (C=O) groups is 1. The number of nitrogens with one attached hydrogen (secondary N) is 2. The molecule has 0 atom stereocenters. The van der Waals surface area contributed by atoms with Crippen molar-refractivity contribution in [2.45, 2.75) is 12.6 Å². The predicted molar refractivity (Wildman–Crippen MR) is 84.6 cm³/mol. The van der Waals surface area contributed by atoms with Crippen molar-refractivity contribution in [1.29, 1.82) is 0 Å². The van der Waals surface area contributed by atoms with Crippen LogP contribution in [-0.2, 0) is 11.0 Å². The average Bonchev–Trinajstić information content (AvgIpc) is 2.50. The molecule has 0 aliphatic carbocycles. The van der Waals surface area contributed by atoms with Crippen molar-refractivity contribution in [3.63, 3.8) is 0 Å². The summed E-state index contributed by atoms with van der Waals surface area (Å²) in [6.45, 7) is 0.215. The Morgan fingerprint density at radius 3 is 2.50 bits per heavy atom. The third-order valence-corrected chi connectivity index (χ3v) is 3.36. The van der Waals surface area contributed by atoms with Gasteiger partial charge in [0.25, 0.3) is 0 Å². The van der Waals surface area contributed by atoms with Crippen molar-refractivity contribution in [1.82, 2.24) is 0 Å². The molecule has 0 aliphatic rings. The molecule has 1 amide bonds. The number of benzene rings is 2. The van der Waals surface area contributed by atoms with E-state index >= 15 is 0 Å². The van der Waals surface area contributed by atoms with Crippen molar-refractivity contribution in [3.05, 3.63) is 58.9 Å². The van der Waals surface area contributed by atoms with Gasteiger partial charge in [-0.2, -0.15) is 13.2 Å². The fourth-order valence-corrected chi connectivity index (χ4v) is 2.10. The van der Waals surface area contributed by atoms with Crippen molar-refractivity contribution >= 4 is 28.9 Å². The number of carbonyl (C=O) groups excluding carboxylic acids is 1. The molecule has 2 N–H and O–H groups in total. The summed E-state index contributed by atoms with van der Waals surface area (Å²) in [5.41, 5.74) is -0.229. The maximum atomic E-state index is 13.0. The maximum Gasteiger partial charge on any atom is 0.416 e. The van der Waals surface area contributed by atoms with E-state index in [1.165, 1.54) is 30.3 Å². The van der Waals surface area contributed by atoms with Crippen LogP contribution in [0.5, 0.6) is 0 Å². The van der Waals surface area contributed by atoms with Gasteiger partial charge in [-0.05, 0) is 36.4 Å². The Labute approximate surface area is 140 Å². The van der Waals surface area contributed by atoms with Crippen LogP contribution in [0.3, 0.4) is 0 Å². The zero-order valence-corrected chi connectivity index (χ0v) is 13.0. The molecule has 0 aliphatic heterocycles. The van der Waals surface area contributed by atoms with E-state index in [0.29, 0.717) is 5.69 Å². The molecule has 0 unspecified atom stereocenters. The summed E-state index contributed by atoms with van der Waals surface area (Å²) in [5.74, 6) is -1.00. The Bertz CT molecular complexity index is 734. The number of alkyl halides is 3. The van der Waals surface area contributed by atoms with Crippen molar-refractivity contribution in [3.8, 4) is 0 Å². The second kappa shape index (κ2) is 7.53. The number of hydrogen-bond donors (Lipinski definition) is 2. The second-order valence-corrected chi connectivity index (χ2v) is 5.34. The monoisotopic (exact) mass is 360 g/mol. The summed E-state index contributed by atoms with van der Waals surface area (Å²) in [6.07, 6.45) is -4.45. The highest BCUT2D eigenvalue weighted by atomic mass is 35.5. The fourth-order valence-electron chi connectivity index (χ4n) is 1.92. The van der Waals surface area contributed by atoms with Crippen LogP contribution in [0, 0.1) is 5.82 Å². The molecule has 2 rings (SSSR count). The zero-order valence-electron chi connectivity index (χ0n) is 12.3. The van der Waals surface area contributed by atoms with E-state index in [1.807, 2.05) is 0 Å². The molecule has 0 heterocycles.